The molecule has 8 heteroatoms. The molecule has 0 heterocycles. The van der Waals surface area contributed by atoms with Gasteiger partial charge in [-0.05, 0) is 38.1 Å². The molecule has 0 aliphatic rings. The van der Waals surface area contributed by atoms with Crippen LogP contribution in [0.2, 0.25) is 0 Å². The summed E-state index contributed by atoms with van der Waals surface area (Å²) in [7, 11) is 0. The lowest BCUT2D eigenvalue weighted by atomic mass is 10.3. The molecule has 4 nitrogen and oxygen atoms in total. The zero-order valence-corrected chi connectivity index (χ0v) is 14.7. The van der Waals surface area contributed by atoms with Gasteiger partial charge in [0.05, 0.1) is 11.5 Å². The van der Waals surface area contributed by atoms with Crippen molar-refractivity contribution in [3.05, 3.63) is 24.3 Å². The highest BCUT2D eigenvalue weighted by atomic mass is 32.2. The molecule has 0 aliphatic heterocycles. The molecule has 23 heavy (non-hydrogen) atoms. The maximum Gasteiger partial charge on any atom is 0.288 e. The summed E-state index contributed by atoms with van der Waals surface area (Å²) in [5.74, 6) is -2.24. The molecule has 0 atom stereocenters. The average Bonchev–Trinajstić information content (AvgIpc) is 2.50. The van der Waals surface area contributed by atoms with Crippen LogP contribution in [0.5, 0.6) is 0 Å². The molecule has 0 spiro atoms. The van der Waals surface area contributed by atoms with E-state index in [1.54, 1.807) is 17.0 Å². The summed E-state index contributed by atoms with van der Waals surface area (Å²) in [6.07, 6.45) is 0. The molecule has 0 saturated heterocycles. The number of halogens is 2. The Balaban J connectivity index is 2.35. The fourth-order valence-corrected chi connectivity index (χ4v) is 3.03. The third kappa shape index (κ3) is 7.69. The highest BCUT2D eigenvalue weighted by molar-refractivity contribution is 8.00. The van der Waals surface area contributed by atoms with Crippen LogP contribution >= 0.6 is 23.5 Å². The molecule has 1 rings (SSSR count). The van der Waals surface area contributed by atoms with E-state index in [2.05, 4.69) is 5.32 Å². The SMILES string of the molecule is CCN(CC)C(=O)CSCC(=O)Nc1ccc(SC(F)F)cc1. The van der Waals surface area contributed by atoms with E-state index in [0.29, 0.717) is 35.4 Å². The van der Waals surface area contributed by atoms with E-state index in [-0.39, 0.29) is 23.3 Å². The number of anilines is 1. The lowest BCUT2D eigenvalue weighted by Gasteiger charge is -2.18. The Morgan fingerprint density at radius 2 is 1.74 bits per heavy atom. The molecule has 2 amide bonds. The smallest absolute Gasteiger partial charge is 0.288 e. The van der Waals surface area contributed by atoms with Crippen LogP contribution in [0.1, 0.15) is 13.8 Å². The van der Waals surface area contributed by atoms with Crippen molar-refractivity contribution in [1.29, 1.82) is 0 Å². The van der Waals surface area contributed by atoms with Crippen molar-refractivity contribution >= 4 is 41.0 Å². The first-order chi connectivity index (χ1) is 11.0. The van der Waals surface area contributed by atoms with Crippen molar-refractivity contribution in [3.63, 3.8) is 0 Å². The van der Waals surface area contributed by atoms with Gasteiger partial charge in [-0.25, -0.2) is 0 Å². The number of nitrogens with zero attached hydrogens (tertiary/aromatic N) is 1. The monoisotopic (exact) mass is 362 g/mol. The van der Waals surface area contributed by atoms with Crippen LogP contribution < -0.4 is 5.32 Å². The topological polar surface area (TPSA) is 49.4 Å². The maximum atomic E-state index is 12.2. The molecule has 1 aromatic carbocycles. The molecule has 1 aromatic rings. The lowest BCUT2D eigenvalue weighted by molar-refractivity contribution is -0.127. The van der Waals surface area contributed by atoms with Crippen LogP contribution in [-0.2, 0) is 9.59 Å². The molecule has 0 fully saturated rings. The van der Waals surface area contributed by atoms with Crippen LogP contribution in [0.15, 0.2) is 29.2 Å². The van der Waals surface area contributed by atoms with Gasteiger partial charge in [0.2, 0.25) is 11.8 Å². The summed E-state index contributed by atoms with van der Waals surface area (Å²) in [6.45, 7) is 5.14. The van der Waals surface area contributed by atoms with Crippen LogP contribution in [0, 0.1) is 0 Å². The molecule has 0 saturated carbocycles. The van der Waals surface area contributed by atoms with E-state index >= 15 is 0 Å². The molecular formula is C15H20F2N2O2S2. The quantitative estimate of drug-likeness (QED) is 0.683. The normalized spacial score (nSPS) is 10.7. The number of amides is 2. The van der Waals surface area contributed by atoms with Crippen molar-refractivity contribution in [2.75, 3.05) is 29.9 Å². The Labute approximate surface area is 143 Å². The van der Waals surface area contributed by atoms with Gasteiger partial charge in [0.1, 0.15) is 0 Å². The van der Waals surface area contributed by atoms with Gasteiger partial charge in [0.15, 0.2) is 0 Å². The number of benzene rings is 1. The average molecular weight is 362 g/mol. The second-order valence-electron chi connectivity index (χ2n) is 4.51. The zero-order chi connectivity index (χ0) is 17.2. The van der Waals surface area contributed by atoms with E-state index in [4.69, 9.17) is 0 Å². The summed E-state index contributed by atoms with van der Waals surface area (Å²) in [5.41, 5.74) is 0.546. The lowest BCUT2D eigenvalue weighted by Crippen LogP contribution is -2.32. The van der Waals surface area contributed by atoms with Crippen LogP contribution in [0.25, 0.3) is 0 Å². The van der Waals surface area contributed by atoms with E-state index in [1.807, 2.05) is 13.8 Å². The molecular weight excluding hydrogens is 342 g/mol. The maximum absolute atomic E-state index is 12.2. The van der Waals surface area contributed by atoms with E-state index in [9.17, 15) is 18.4 Å². The number of alkyl halides is 2. The Bertz CT molecular complexity index is 509. The van der Waals surface area contributed by atoms with Crippen molar-refractivity contribution < 1.29 is 18.4 Å². The Morgan fingerprint density at radius 1 is 1.13 bits per heavy atom. The summed E-state index contributed by atoms with van der Waals surface area (Å²) in [5, 5.41) is 2.67. The van der Waals surface area contributed by atoms with Gasteiger partial charge in [-0.3, -0.25) is 9.59 Å². The molecule has 0 aliphatic carbocycles. The number of hydrogen-bond acceptors (Lipinski definition) is 4. The first-order valence-electron chi connectivity index (χ1n) is 7.16. The van der Waals surface area contributed by atoms with E-state index in [0.717, 1.165) is 0 Å². The van der Waals surface area contributed by atoms with Gasteiger partial charge in [0.25, 0.3) is 5.76 Å². The van der Waals surface area contributed by atoms with Gasteiger partial charge in [-0.15, -0.1) is 11.8 Å². The van der Waals surface area contributed by atoms with Crippen LogP contribution in [0.4, 0.5) is 14.5 Å². The predicted molar refractivity (Wildman–Crippen MR) is 92.2 cm³/mol. The predicted octanol–water partition coefficient (Wildman–Crippen LogP) is 3.54. The largest absolute Gasteiger partial charge is 0.343 e. The number of rotatable bonds is 9. The third-order valence-corrected chi connectivity index (χ3v) is 4.58. The van der Waals surface area contributed by atoms with Crippen LogP contribution in [-0.4, -0.2) is 47.1 Å². The summed E-state index contributed by atoms with van der Waals surface area (Å²) in [6, 6.07) is 6.22. The highest BCUT2D eigenvalue weighted by Crippen LogP contribution is 2.26. The zero-order valence-electron chi connectivity index (χ0n) is 13.1. The first-order valence-corrected chi connectivity index (χ1v) is 9.19. The van der Waals surface area contributed by atoms with Crippen molar-refractivity contribution in [2.45, 2.75) is 24.5 Å². The molecule has 0 unspecified atom stereocenters. The minimum absolute atomic E-state index is 0.0150. The fourth-order valence-electron chi connectivity index (χ4n) is 1.82. The minimum Gasteiger partial charge on any atom is -0.343 e. The summed E-state index contributed by atoms with van der Waals surface area (Å²) >= 11 is 1.71. The number of hydrogen-bond donors (Lipinski definition) is 1. The number of carbonyl (C=O) groups excluding carboxylic acids is 2. The number of nitrogens with one attached hydrogen (secondary N) is 1. The van der Waals surface area contributed by atoms with Gasteiger partial charge < -0.3 is 10.2 Å². The van der Waals surface area contributed by atoms with Gasteiger partial charge in [-0.2, -0.15) is 8.78 Å². The summed E-state index contributed by atoms with van der Waals surface area (Å²) < 4.78 is 24.4. The Morgan fingerprint density at radius 3 is 2.26 bits per heavy atom. The van der Waals surface area contributed by atoms with Crippen molar-refractivity contribution in [3.8, 4) is 0 Å². The highest BCUT2D eigenvalue weighted by Gasteiger charge is 2.11. The number of carbonyl (C=O) groups is 2. The second-order valence-corrected chi connectivity index (χ2v) is 6.56. The second kappa shape index (κ2) is 10.5. The Hall–Kier alpha value is -1.28. The van der Waals surface area contributed by atoms with Crippen molar-refractivity contribution in [2.24, 2.45) is 0 Å². The van der Waals surface area contributed by atoms with Gasteiger partial charge in [-0.1, -0.05) is 11.8 Å². The van der Waals surface area contributed by atoms with Gasteiger partial charge in [0, 0.05) is 23.7 Å². The number of thioether (sulfide) groups is 2. The molecule has 128 valence electrons. The fraction of sp³-hybridized carbons (Fsp3) is 0.467. The molecule has 0 radical (unpaired) electrons. The van der Waals surface area contributed by atoms with Gasteiger partial charge >= 0.3 is 0 Å². The first kappa shape index (κ1) is 19.8. The van der Waals surface area contributed by atoms with E-state index < -0.39 is 5.76 Å². The Kier molecular flexibility index (Phi) is 9.01. The molecule has 0 aromatic heterocycles. The standard InChI is InChI=1S/C15H20F2N2O2S2/c1-3-19(4-2)14(21)10-22-9-13(20)18-11-5-7-12(8-6-11)23-15(16)17/h5-8,15H,3-4,9-10H2,1-2H3,(H,18,20). The minimum atomic E-state index is -2.46. The van der Waals surface area contributed by atoms with E-state index in [1.165, 1.54) is 23.9 Å². The third-order valence-electron chi connectivity index (χ3n) is 2.94. The van der Waals surface area contributed by atoms with Crippen molar-refractivity contribution in [1.82, 2.24) is 4.90 Å². The van der Waals surface area contributed by atoms with Crippen LogP contribution in [0.3, 0.4) is 0 Å². The molecule has 0 bridgehead atoms. The molecule has 1 N–H and O–H groups in total. The summed E-state index contributed by atoms with van der Waals surface area (Å²) in [4.78, 5) is 25.7.